The fraction of sp³-hybridized carbons (Fsp3) is 0.951. The summed E-state index contributed by atoms with van der Waals surface area (Å²) in [7, 11) is 0. The Morgan fingerprint density at radius 1 is 0.765 bits per heavy atom. The third kappa shape index (κ3) is 9.96. The molecule has 4 fully saturated rings. The molecule has 5 aliphatic rings. The van der Waals surface area contributed by atoms with Gasteiger partial charge in [0.05, 0.1) is 65.6 Å². The van der Waals surface area contributed by atoms with Crippen molar-refractivity contribution < 1.29 is 48.8 Å². The molecule has 0 aromatic heterocycles. The van der Waals surface area contributed by atoms with Crippen LogP contribution in [0.4, 0.5) is 0 Å². The number of fused-ring (bicyclic) bond motifs is 5. The zero-order valence-electron chi connectivity index (χ0n) is 32.4. The van der Waals surface area contributed by atoms with E-state index in [1.165, 1.54) is 57.8 Å². The summed E-state index contributed by atoms with van der Waals surface area (Å²) < 4.78 is 33.9. The van der Waals surface area contributed by atoms with E-state index in [0.29, 0.717) is 56.6 Å². The normalized spacial score (nSPS) is 40.1. The van der Waals surface area contributed by atoms with E-state index < -0.39 is 37.3 Å². The number of aliphatic hydroxyl groups is 4. The molecule has 0 aromatic carbocycles. The van der Waals surface area contributed by atoms with Crippen molar-refractivity contribution >= 4 is 0 Å². The third-order valence-electron chi connectivity index (χ3n) is 13.9. The van der Waals surface area contributed by atoms with Gasteiger partial charge in [0, 0.05) is 0 Å². The monoisotopic (exact) mass is 725 g/mol. The molecule has 7 unspecified atom stereocenters. The van der Waals surface area contributed by atoms with Crippen molar-refractivity contribution in [3.63, 3.8) is 0 Å². The molecule has 1 saturated heterocycles. The molecule has 0 aromatic rings. The van der Waals surface area contributed by atoms with Crippen LogP contribution in [0.3, 0.4) is 0 Å². The van der Waals surface area contributed by atoms with Gasteiger partial charge in [-0.1, -0.05) is 65.5 Å². The minimum atomic E-state index is -1.46. The first kappa shape index (κ1) is 41.5. The van der Waals surface area contributed by atoms with E-state index in [9.17, 15) is 20.4 Å². The molecule has 4 N–H and O–H groups in total. The second-order valence-electron chi connectivity index (χ2n) is 17.4. The molecule has 0 amide bonds. The third-order valence-corrected chi connectivity index (χ3v) is 13.9. The Kier molecular flexibility index (Phi) is 15.7. The van der Waals surface area contributed by atoms with Gasteiger partial charge >= 0.3 is 0 Å². The lowest BCUT2D eigenvalue weighted by Crippen LogP contribution is -2.59. The number of hydrogen-bond donors (Lipinski definition) is 4. The van der Waals surface area contributed by atoms with E-state index in [1.807, 2.05) is 0 Å². The van der Waals surface area contributed by atoms with Crippen LogP contribution in [0.2, 0.25) is 0 Å². The van der Waals surface area contributed by atoms with Gasteiger partial charge in [0.2, 0.25) is 0 Å². The molecule has 10 nitrogen and oxygen atoms in total. The van der Waals surface area contributed by atoms with Crippen molar-refractivity contribution in [2.45, 2.75) is 142 Å². The molecule has 51 heavy (non-hydrogen) atoms. The van der Waals surface area contributed by atoms with Gasteiger partial charge in [-0.05, 0) is 97.7 Å². The molecule has 0 spiro atoms. The number of allylic oxidation sites excluding steroid dienone is 1. The fourth-order valence-corrected chi connectivity index (χ4v) is 11.0. The van der Waals surface area contributed by atoms with Crippen LogP contribution >= 0.6 is 0 Å². The largest absolute Gasteiger partial charge is 0.394 e. The lowest BCUT2D eigenvalue weighted by molar-refractivity contribution is -0.302. The van der Waals surface area contributed by atoms with Gasteiger partial charge < -0.3 is 48.8 Å². The molecule has 13 atom stereocenters. The molecule has 296 valence electrons. The Labute approximate surface area is 307 Å². The summed E-state index contributed by atoms with van der Waals surface area (Å²) in [6.45, 7) is 15.4. The highest BCUT2D eigenvalue weighted by Gasteiger charge is 2.59. The van der Waals surface area contributed by atoms with Gasteiger partial charge in [0.1, 0.15) is 24.4 Å². The molecular weight excluding hydrogens is 652 g/mol. The highest BCUT2D eigenvalue weighted by molar-refractivity contribution is 5.25. The minimum absolute atomic E-state index is 0.114. The van der Waals surface area contributed by atoms with Crippen LogP contribution in [-0.4, -0.2) is 117 Å². The number of hydrogen-bond acceptors (Lipinski definition) is 10. The fourth-order valence-electron chi connectivity index (χ4n) is 11.0. The average molecular weight is 725 g/mol. The maximum Gasteiger partial charge on any atom is 0.186 e. The maximum absolute atomic E-state index is 10.00. The molecular formula is C41H72O10. The smallest absolute Gasteiger partial charge is 0.186 e. The van der Waals surface area contributed by atoms with Gasteiger partial charge in [-0.25, -0.2) is 0 Å². The first-order valence-electron chi connectivity index (χ1n) is 20.5. The summed E-state index contributed by atoms with van der Waals surface area (Å²) >= 11 is 0. The summed E-state index contributed by atoms with van der Waals surface area (Å²) in [5, 5.41) is 38.9. The van der Waals surface area contributed by atoms with E-state index in [0.717, 1.165) is 48.3 Å². The average Bonchev–Trinajstić information content (AvgIpc) is 3.47. The Morgan fingerprint density at radius 3 is 2.10 bits per heavy atom. The van der Waals surface area contributed by atoms with E-state index in [1.54, 1.807) is 5.57 Å². The van der Waals surface area contributed by atoms with Gasteiger partial charge in [0.15, 0.2) is 6.29 Å². The van der Waals surface area contributed by atoms with Crippen LogP contribution in [0.5, 0.6) is 0 Å². The zero-order chi connectivity index (χ0) is 36.6. The quantitative estimate of drug-likeness (QED) is 0.0971. The second kappa shape index (κ2) is 19.3. The molecule has 1 heterocycles. The Balaban J connectivity index is 0.914. The second-order valence-corrected chi connectivity index (χ2v) is 17.4. The van der Waals surface area contributed by atoms with Gasteiger partial charge in [0.25, 0.3) is 0 Å². The van der Waals surface area contributed by atoms with Crippen LogP contribution < -0.4 is 0 Å². The van der Waals surface area contributed by atoms with Crippen molar-refractivity contribution in [3.05, 3.63) is 11.6 Å². The predicted octanol–water partition coefficient (Wildman–Crippen LogP) is 5.28. The van der Waals surface area contributed by atoms with E-state index in [4.69, 9.17) is 28.4 Å². The summed E-state index contributed by atoms with van der Waals surface area (Å²) in [6, 6.07) is 0. The summed E-state index contributed by atoms with van der Waals surface area (Å²) in [6.07, 6.45) is 11.2. The molecule has 1 aliphatic heterocycles. The highest BCUT2D eigenvalue weighted by Crippen LogP contribution is 2.67. The van der Waals surface area contributed by atoms with Crippen LogP contribution in [0.15, 0.2) is 11.6 Å². The van der Waals surface area contributed by atoms with Crippen LogP contribution in [0.25, 0.3) is 0 Å². The van der Waals surface area contributed by atoms with Crippen LogP contribution in [0.1, 0.15) is 105 Å². The summed E-state index contributed by atoms with van der Waals surface area (Å²) in [5.74, 6) is 5.20. The van der Waals surface area contributed by atoms with Crippen molar-refractivity contribution in [1.29, 1.82) is 0 Å². The number of aliphatic hydroxyl groups excluding tert-OH is 4. The van der Waals surface area contributed by atoms with Crippen LogP contribution in [-0.2, 0) is 28.4 Å². The van der Waals surface area contributed by atoms with Gasteiger partial charge in [-0.3, -0.25) is 0 Å². The predicted molar refractivity (Wildman–Crippen MR) is 195 cm³/mol. The first-order valence-corrected chi connectivity index (χ1v) is 20.5. The van der Waals surface area contributed by atoms with Gasteiger partial charge in [-0.2, -0.15) is 0 Å². The van der Waals surface area contributed by atoms with E-state index in [-0.39, 0.29) is 13.2 Å². The standard InChI is InChI=1S/C41H72O10/c1-27(2)7-6-8-28(3)32-11-12-33-31-10-9-29-25-30(13-15-40(29,4)34(31)14-16-41(32,33)5)49-23-21-47-19-17-46-18-20-48-22-24-50-39-38(45)37(44)36(43)35(26-42)51-39/h9,27-28,30-39,42-45H,6-8,10-26H2,1-5H3/t28?,30?,31?,32-,33?,34?,35?,36-,37+,38?,39+,40+,41-/m1/s1. The van der Waals surface area contributed by atoms with Crippen molar-refractivity contribution in [1.82, 2.24) is 0 Å². The molecule has 0 radical (unpaired) electrons. The Morgan fingerprint density at radius 2 is 1.43 bits per heavy atom. The maximum atomic E-state index is 10.00. The van der Waals surface area contributed by atoms with Gasteiger partial charge in [-0.15, -0.1) is 0 Å². The minimum Gasteiger partial charge on any atom is -0.394 e. The Bertz CT molecular complexity index is 1070. The summed E-state index contributed by atoms with van der Waals surface area (Å²) in [5.41, 5.74) is 2.56. The van der Waals surface area contributed by atoms with E-state index >= 15 is 0 Å². The topological polar surface area (TPSA) is 136 Å². The molecule has 0 bridgehead atoms. The lowest BCUT2D eigenvalue weighted by atomic mass is 9.47. The first-order chi connectivity index (χ1) is 24.5. The van der Waals surface area contributed by atoms with E-state index in [2.05, 4.69) is 40.7 Å². The number of ether oxygens (including phenoxy) is 6. The highest BCUT2D eigenvalue weighted by atomic mass is 16.7. The molecule has 3 saturated carbocycles. The molecule has 5 rings (SSSR count). The molecule has 10 heteroatoms. The van der Waals surface area contributed by atoms with Crippen molar-refractivity contribution in [2.24, 2.45) is 46.3 Å². The number of rotatable bonds is 20. The van der Waals surface area contributed by atoms with Crippen molar-refractivity contribution in [3.8, 4) is 0 Å². The molecule has 4 aliphatic carbocycles. The van der Waals surface area contributed by atoms with Crippen molar-refractivity contribution in [2.75, 3.05) is 59.5 Å². The summed E-state index contributed by atoms with van der Waals surface area (Å²) in [4.78, 5) is 0. The SMILES string of the molecule is CC(C)CCCC(C)[C@H]1CCC2C3CC=C4CC(OCCOCCOCCOCCO[C@H]5OC(CO)[C@@H](O)[C@H](O)C5O)CC[C@]4(C)C3CC[C@@]21C. The Hall–Kier alpha value is -0.660. The zero-order valence-corrected chi connectivity index (χ0v) is 32.4. The lowest BCUT2D eigenvalue weighted by Gasteiger charge is -2.58. The van der Waals surface area contributed by atoms with Crippen LogP contribution in [0, 0.1) is 46.3 Å².